The summed E-state index contributed by atoms with van der Waals surface area (Å²) in [7, 11) is 0. The van der Waals surface area contributed by atoms with Crippen molar-refractivity contribution in [3.8, 4) is 0 Å². The highest BCUT2D eigenvalue weighted by Gasteiger charge is 2.28. The first-order chi connectivity index (χ1) is 6.73. The molecule has 0 aliphatic rings. The van der Waals surface area contributed by atoms with Gasteiger partial charge in [0.1, 0.15) is 0 Å². The highest BCUT2D eigenvalue weighted by Crippen LogP contribution is 2.14. The molecular formula is C11H14NO2. The molecule has 14 heavy (non-hydrogen) atoms. The molecule has 0 fully saturated rings. The second kappa shape index (κ2) is 4.88. The molecular weight excluding hydrogens is 178 g/mol. The van der Waals surface area contributed by atoms with E-state index in [0.29, 0.717) is 12.1 Å². The summed E-state index contributed by atoms with van der Waals surface area (Å²) in [6, 6.07) is 8.74. The topological polar surface area (TPSA) is 49.3 Å². The Morgan fingerprint density at radius 1 is 1.43 bits per heavy atom. The fourth-order valence-electron chi connectivity index (χ4n) is 1.18. The van der Waals surface area contributed by atoms with E-state index in [1.807, 2.05) is 13.0 Å². The van der Waals surface area contributed by atoms with E-state index in [9.17, 15) is 9.90 Å². The second-order valence-electron chi connectivity index (χ2n) is 3.11. The van der Waals surface area contributed by atoms with Crippen molar-refractivity contribution in [1.82, 2.24) is 5.32 Å². The Morgan fingerprint density at radius 2 is 2.07 bits per heavy atom. The van der Waals surface area contributed by atoms with Crippen LogP contribution in [0.25, 0.3) is 0 Å². The zero-order valence-electron chi connectivity index (χ0n) is 8.16. The molecule has 75 valence electrons. The summed E-state index contributed by atoms with van der Waals surface area (Å²) >= 11 is 0. The summed E-state index contributed by atoms with van der Waals surface area (Å²) in [5, 5.41) is 12.6. The summed E-state index contributed by atoms with van der Waals surface area (Å²) in [6.45, 7) is 2.53. The number of benzene rings is 1. The first-order valence-corrected chi connectivity index (χ1v) is 4.65. The van der Waals surface area contributed by atoms with Crippen LogP contribution in [0, 0.1) is 0 Å². The average Bonchev–Trinajstić information content (AvgIpc) is 2.27. The fourth-order valence-corrected chi connectivity index (χ4v) is 1.18. The van der Waals surface area contributed by atoms with Crippen LogP contribution in [0.4, 0.5) is 0 Å². The average molecular weight is 192 g/mol. The highest BCUT2D eigenvalue weighted by atomic mass is 16.3. The van der Waals surface area contributed by atoms with Gasteiger partial charge in [-0.3, -0.25) is 10.1 Å². The third-order valence-electron chi connectivity index (χ3n) is 1.97. The smallest absolute Gasteiger partial charge is 0.254 e. The zero-order valence-corrected chi connectivity index (χ0v) is 8.16. The van der Waals surface area contributed by atoms with Crippen molar-refractivity contribution in [3.05, 3.63) is 35.9 Å². The van der Waals surface area contributed by atoms with Crippen LogP contribution >= 0.6 is 0 Å². The van der Waals surface area contributed by atoms with Gasteiger partial charge in [-0.25, -0.2) is 0 Å². The molecule has 0 aromatic heterocycles. The first kappa shape index (κ1) is 10.9. The summed E-state index contributed by atoms with van der Waals surface area (Å²) in [5.74, 6) is 0. The maximum Gasteiger partial charge on any atom is 0.254 e. The van der Waals surface area contributed by atoms with Gasteiger partial charge in [-0.1, -0.05) is 37.3 Å². The number of aliphatic hydroxyl groups is 1. The lowest BCUT2D eigenvalue weighted by Crippen LogP contribution is -2.44. The van der Waals surface area contributed by atoms with E-state index in [2.05, 4.69) is 5.32 Å². The van der Waals surface area contributed by atoms with Gasteiger partial charge in [-0.2, -0.15) is 0 Å². The molecule has 0 bridgehead atoms. The monoisotopic (exact) mass is 192 g/mol. The molecule has 1 atom stereocenters. The lowest BCUT2D eigenvalue weighted by molar-refractivity contribution is 0.0698. The number of rotatable bonds is 5. The molecule has 3 nitrogen and oxygen atoms in total. The van der Waals surface area contributed by atoms with Crippen LogP contribution in [0.3, 0.4) is 0 Å². The van der Waals surface area contributed by atoms with Crippen molar-refractivity contribution >= 4 is 6.29 Å². The van der Waals surface area contributed by atoms with Crippen LogP contribution in [0.15, 0.2) is 30.3 Å². The fraction of sp³-hybridized carbons (Fsp3) is 0.364. The van der Waals surface area contributed by atoms with Crippen molar-refractivity contribution in [3.63, 3.8) is 0 Å². The second-order valence-corrected chi connectivity index (χ2v) is 3.11. The minimum absolute atomic E-state index is 0.517. The van der Waals surface area contributed by atoms with Crippen molar-refractivity contribution in [1.29, 1.82) is 0 Å². The van der Waals surface area contributed by atoms with Gasteiger partial charge in [0.05, 0.1) is 0 Å². The molecule has 1 aromatic rings. The molecule has 0 spiro atoms. The normalized spacial score (nSPS) is 14.7. The summed E-state index contributed by atoms with van der Waals surface area (Å²) in [5.41, 5.74) is -1.15. The van der Waals surface area contributed by atoms with E-state index >= 15 is 0 Å². The van der Waals surface area contributed by atoms with Crippen molar-refractivity contribution in [2.24, 2.45) is 0 Å². The summed E-state index contributed by atoms with van der Waals surface area (Å²) in [6.07, 6.45) is 2.47. The molecule has 1 radical (unpaired) electrons. The van der Waals surface area contributed by atoms with Crippen LogP contribution in [0.5, 0.6) is 0 Å². The third-order valence-corrected chi connectivity index (χ3v) is 1.97. The van der Waals surface area contributed by atoms with E-state index in [1.54, 1.807) is 30.6 Å². The van der Waals surface area contributed by atoms with E-state index in [-0.39, 0.29) is 0 Å². The van der Waals surface area contributed by atoms with Crippen molar-refractivity contribution in [2.45, 2.75) is 19.1 Å². The molecule has 1 unspecified atom stereocenters. The molecule has 1 aromatic carbocycles. The Labute approximate surface area is 83.8 Å². The lowest BCUT2D eigenvalue weighted by atomic mass is 10.0. The van der Waals surface area contributed by atoms with Crippen LogP contribution in [0.2, 0.25) is 0 Å². The van der Waals surface area contributed by atoms with Crippen LogP contribution in [-0.2, 0) is 10.5 Å². The van der Waals surface area contributed by atoms with E-state index in [0.717, 1.165) is 6.42 Å². The zero-order chi connectivity index (χ0) is 10.4. The van der Waals surface area contributed by atoms with Crippen LogP contribution in [0.1, 0.15) is 18.9 Å². The quantitative estimate of drug-likeness (QED) is 0.683. The van der Waals surface area contributed by atoms with Crippen molar-refractivity contribution < 1.29 is 9.90 Å². The van der Waals surface area contributed by atoms with Gasteiger partial charge in [-0.15, -0.1) is 0 Å². The molecule has 0 heterocycles. The first-order valence-electron chi connectivity index (χ1n) is 4.65. The summed E-state index contributed by atoms with van der Waals surface area (Å²) < 4.78 is 0. The SMILES string of the molecule is CCCNC(O)([C]=O)c1ccccc1. The molecule has 0 saturated heterocycles. The Bertz CT molecular complexity index is 287. The summed E-state index contributed by atoms with van der Waals surface area (Å²) in [4.78, 5) is 10.7. The van der Waals surface area contributed by atoms with Gasteiger partial charge in [0.2, 0.25) is 5.72 Å². The van der Waals surface area contributed by atoms with Gasteiger partial charge >= 0.3 is 0 Å². The Morgan fingerprint density at radius 3 is 2.57 bits per heavy atom. The Kier molecular flexibility index (Phi) is 3.80. The minimum Gasteiger partial charge on any atom is -0.365 e. The molecule has 0 aliphatic carbocycles. The molecule has 3 heteroatoms. The van der Waals surface area contributed by atoms with E-state index in [4.69, 9.17) is 0 Å². The maximum absolute atomic E-state index is 10.7. The van der Waals surface area contributed by atoms with Gasteiger partial charge < -0.3 is 5.11 Å². The third kappa shape index (κ3) is 2.40. The van der Waals surface area contributed by atoms with Gasteiger partial charge in [0.25, 0.3) is 6.29 Å². The molecule has 0 amide bonds. The lowest BCUT2D eigenvalue weighted by Gasteiger charge is -2.22. The van der Waals surface area contributed by atoms with E-state index in [1.165, 1.54) is 0 Å². The largest absolute Gasteiger partial charge is 0.365 e. The number of hydrogen-bond donors (Lipinski definition) is 2. The standard InChI is InChI=1S/C11H14NO2/c1-2-8-12-11(14,9-13)10-6-4-3-5-7-10/h3-7,12,14H,2,8H2,1H3. The highest BCUT2D eigenvalue weighted by molar-refractivity contribution is 5.65. The maximum atomic E-state index is 10.7. The van der Waals surface area contributed by atoms with Crippen LogP contribution < -0.4 is 5.32 Å². The molecule has 2 N–H and O–H groups in total. The van der Waals surface area contributed by atoms with E-state index < -0.39 is 5.72 Å². The van der Waals surface area contributed by atoms with Gasteiger partial charge in [0.15, 0.2) is 0 Å². The molecule has 0 aliphatic heterocycles. The van der Waals surface area contributed by atoms with Gasteiger partial charge in [0, 0.05) is 5.56 Å². The van der Waals surface area contributed by atoms with Crippen LogP contribution in [-0.4, -0.2) is 17.9 Å². The minimum atomic E-state index is -1.67. The van der Waals surface area contributed by atoms with Crippen molar-refractivity contribution in [2.75, 3.05) is 6.54 Å². The Balaban J connectivity index is 2.84. The molecule has 1 rings (SSSR count). The predicted molar refractivity (Wildman–Crippen MR) is 54.3 cm³/mol. The molecule has 0 saturated carbocycles. The Hall–Kier alpha value is -1.19. The number of hydrogen-bond acceptors (Lipinski definition) is 3. The number of nitrogens with one attached hydrogen (secondary N) is 1. The number of carbonyl (C=O) groups excluding carboxylic acids is 1. The predicted octanol–water partition coefficient (Wildman–Crippen LogP) is 0.941. The van der Waals surface area contributed by atoms with Gasteiger partial charge in [-0.05, 0) is 13.0 Å².